The third kappa shape index (κ3) is 3.72. The highest BCUT2D eigenvalue weighted by Gasteiger charge is 2.28. The predicted octanol–water partition coefficient (Wildman–Crippen LogP) is 1.73. The molecule has 2 fully saturated rings. The molecule has 2 aromatic rings. The Balaban J connectivity index is 1.68. The number of likely N-dealkylation sites (tertiary alicyclic amines) is 1. The monoisotopic (exact) mass is 372 g/mol. The van der Waals surface area contributed by atoms with Crippen LogP contribution in [0.4, 0.5) is 0 Å². The molecule has 0 N–H and O–H groups in total. The van der Waals surface area contributed by atoms with Crippen LogP contribution in [0.25, 0.3) is 5.65 Å². The van der Waals surface area contributed by atoms with Crippen molar-refractivity contribution < 1.29 is 14.3 Å². The van der Waals surface area contributed by atoms with E-state index in [9.17, 15) is 4.79 Å². The molecule has 0 unspecified atom stereocenters. The van der Waals surface area contributed by atoms with Gasteiger partial charge in [-0.15, -0.1) is 0 Å². The number of ether oxygens (including phenoxy) is 2. The summed E-state index contributed by atoms with van der Waals surface area (Å²) < 4.78 is 13.0. The molecule has 1 amide bonds. The lowest BCUT2D eigenvalue weighted by molar-refractivity contribution is 0.0264. The average molecular weight is 372 g/mol. The number of morpholine rings is 1. The molecular weight excluding hydrogens is 344 g/mol. The number of pyridine rings is 1. The number of methoxy groups -OCH3 is 1. The van der Waals surface area contributed by atoms with Crippen molar-refractivity contribution in [3.8, 4) is 0 Å². The zero-order valence-electron chi connectivity index (χ0n) is 16.2. The van der Waals surface area contributed by atoms with E-state index < -0.39 is 0 Å². The summed E-state index contributed by atoms with van der Waals surface area (Å²) >= 11 is 0. The topological polar surface area (TPSA) is 59.3 Å². The van der Waals surface area contributed by atoms with Gasteiger partial charge in [0.1, 0.15) is 5.65 Å². The number of carbonyl (C=O) groups excluding carboxylic acids is 1. The minimum absolute atomic E-state index is 0.0108. The van der Waals surface area contributed by atoms with E-state index in [0.29, 0.717) is 38.5 Å². The van der Waals surface area contributed by atoms with Crippen LogP contribution in [-0.2, 0) is 16.0 Å². The highest BCUT2D eigenvalue weighted by molar-refractivity contribution is 5.94. The summed E-state index contributed by atoms with van der Waals surface area (Å²) in [6, 6.07) is 4.06. The molecule has 4 rings (SSSR count). The zero-order chi connectivity index (χ0) is 18.8. The molecule has 0 radical (unpaired) electrons. The summed E-state index contributed by atoms with van der Waals surface area (Å²) in [5.74, 6) is 0.0108. The van der Waals surface area contributed by atoms with Crippen molar-refractivity contribution in [3.63, 3.8) is 0 Å². The molecule has 2 aromatic heterocycles. The van der Waals surface area contributed by atoms with Gasteiger partial charge < -0.3 is 18.8 Å². The van der Waals surface area contributed by atoms with Crippen LogP contribution in [0.2, 0.25) is 0 Å². The molecule has 4 heterocycles. The summed E-state index contributed by atoms with van der Waals surface area (Å²) in [4.78, 5) is 22.2. The van der Waals surface area contributed by atoms with Gasteiger partial charge >= 0.3 is 0 Å². The van der Waals surface area contributed by atoms with Crippen LogP contribution in [-0.4, -0.2) is 77.7 Å². The Labute approximate surface area is 159 Å². The number of carbonyl (C=O) groups is 1. The van der Waals surface area contributed by atoms with Crippen LogP contribution < -0.4 is 0 Å². The van der Waals surface area contributed by atoms with Crippen LogP contribution in [0, 0.1) is 6.92 Å². The van der Waals surface area contributed by atoms with Gasteiger partial charge in [-0.3, -0.25) is 9.69 Å². The van der Waals surface area contributed by atoms with E-state index in [4.69, 9.17) is 14.5 Å². The summed E-state index contributed by atoms with van der Waals surface area (Å²) in [7, 11) is 1.78. The Hall–Kier alpha value is -1.96. The maximum Gasteiger partial charge on any atom is 0.274 e. The second-order valence-electron chi connectivity index (χ2n) is 7.43. The van der Waals surface area contributed by atoms with Gasteiger partial charge in [0.2, 0.25) is 0 Å². The number of imidazole rings is 1. The maximum atomic E-state index is 13.2. The van der Waals surface area contributed by atoms with Gasteiger partial charge in [-0.25, -0.2) is 4.98 Å². The minimum atomic E-state index is 0.0108. The van der Waals surface area contributed by atoms with E-state index in [1.54, 1.807) is 7.11 Å². The first-order valence-corrected chi connectivity index (χ1v) is 9.76. The number of fused-ring (bicyclic) bond motifs is 1. The molecular formula is C20H28N4O3. The largest absolute Gasteiger partial charge is 0.380 e. The Morgan fingerprint density at radius 1 is 1.33 bits per heavy atom. The van der Waals surface area contributed by atoms with Crippen molar-refractivity contribution in [2.75, 3.05) is 46.5 Å². The standard InChI is InChI=1S/C20H28N4O3/c1-15-5-3-8-24-17(14-22-7-4-6-16(13-22)26-2)18(21-19(15)24)20(25)23-9-11-27-12-10-23/h3,5,8,16H,4,6-7,9-14H2,1-2H3/t16-/m0/s1. The van der Waals surface area contributed by atoms with Crippen LogP contribution in [0.15, 0.2) is 18.3 Å². The lowest BCUT2D eigenvalue weighted by atomic mass is 10.1. The van der Waals surface area contributed by atoms with Gasteiger partial charge in [-0.05, 0) is 37.9 Å². The molecule has 0 aliphatic carbocycles. The Bertz CT molecular complexity index is 813. The number of aromatic nitrogens is 2. The quantitative estimate of drug-likeness (QED) is 0.818. The number of amides is 1. The fourth-order valence-corrected chi connectivity index (χ4v) is 4.05. The van der Waals surface area contributed by atoms with Crippen molar-refractivity contribution in [2.24, 2.45) is 0 Å². The number of aryl methyl sites for hydroxylation is 1. The van der Waals surface area contributed by atoms with E-state index >= 15 is 0 Å². The van der Waals surface area contributed by atoms with E-state index in [1.165, 1.54) is 0 Å². The third-order valence-electron chi connectivity index (χ3n) is 5.61. The van der Waals surface area contributed by atoms with E-state index in [2.05, 4.69) is 9.30 Å². The summed E-state index contributed by atoms with van der Waals surface area (Å²) in [5.41, 5.74) is 3.49. The lowest BCUT2D eigenvalue weighted by Gasteiger charge is -2.32. The van der Waals surface area contributed by atoms with Gasteiger partial charge in [-0.2, -0.15) is 0 Å². The highest BCUT2D eigenvalue weighted by atomic mass is 16.5. The van der Waals surface area contributed by atoms with Crippen molar-refractivity contribution >= 4 is 11.6 Å². The molecule has 0 aromatic carbocycles. The second kappa shape index (κ2) is 7.96. The van der Waals surface area contributed by atoms with E-state index in [1.807, 2.05) is 30.2 Å². The van der Waals surface area contributed by atoms with Gasteiger partial charge in [0.15, 0.2) is 5.69 Å². The predicted molar refractivity (Wildman–Crippen MR) is 102 cm³/mol. The summed E-state index contributed by atoms with van der Waals surface area (Å²) in [6.07, 6.45) is 4.48. The van der Waals surface area contributed by atoms with Gasteiger partial charge in [0, 0.05) is 39.5 Å². The fraction of sp³-hybridized carbons (Fsp3) is 0.600. The summed E-state index contributed by atoms with van der Waals surface area (Å²) in [5, 5.41) is 0. The van der Waals surface area contributed by atoms with Crippen LogP contribution in [0.1, 0.15) is 34.6 Å². The molecule has 2 saturated heterocycles. The second-order valence-corrected chi connectivity index (χ2v) is 7.43. The van der Waals surface area contributed by atoms with Crippen LogP contribution in [0.3, 0.4) is 0 Å². The Morgan fingerprint density at radius 3 is 2.93 bits per heavy atom. The van der Waals surface area contributed by atoms with Crippen molar-refractivity contribution in [1.82, 2.24) is 19.2 Å². The fourth-order valence-electron chi connectivity index (χ4n) is 4.05. The van der Waals surface area contributed by atoms with E-state index in [0.717, 1.165) is 42.8 Å². The number of hydrogen-bond acceptors (Lipinski definition) is 5. The van der Waals surface area contributed by atoms with Gasteiger partial charge in [-0.1, -0.05) is 6.07 Å². The zero-order valence-corrected chi connectivity index (χ0v) is 16.2. The minimum Gasteiger partial charge on any atom is -0.380 e. The Morgan fingerprint density at radius 2 is 2.15 bits per heavy atom. The van der Waals surface area contributed by atoms with Crippen LogP contribution >= 0.6 is 0 Å². The Kier molecular flexibility index (Phi) is 5.43. The number of hydrogen-bond donors (Lipinski definition) is 0. The molecule has 7 nitrogen and oxygen atoms in total. The van der Waals surface area contributed by atoms with Crippen molar-refractivity contribution in [1.29, 1.82) is 0 Å². The first-order valence-electron chi connectivity index (χ1n) is 9.76. The van der Waals surface area contributed by atoms with Crippen molar-refractivity contribution in [2.45, 2.75) is 32.4 Å². The first kappa shape index (κ1) is 18.4. The maximum absolute atomic E-state index is 13.2. The highest BCUT2D eigenvalue weighted by Crippen LogP contribution is 2.22. The third-order valence-corrected chi connectivity index (χ3v) is 5.61. The normalized spacial score (nSPS) is 21.7. The molecule has 146 valence electrons. The molecule has 2 aliphatic rings. The van der Waals surface area contributed by atoms with Crippen LogP contribution in [0.5, 0.6) is 0 Å². The van der Waals surface area contributed by atoms with Gasteiger partial charge in [0.05, 0.1) is 25.0 Å². The number of rotatable bonds is 4. The number of piperidine rings is 1. The van der Waals surface area contributed by atoms with E-state index in [-0.39, 0.29) is 12.0 Å². The number of nitrogens with zero attached hydrogens (tertiary/aromatic N) is 4. The molecule has 0 bridgehead atoms. The average Bonchev–Trinajstić information content (AvgIpc) is 3.08. The van der Waals surface area contributed by atoms with Crippen molar-refractivity contribution in [3.05, 3.63) is 35.3 Å². The molecule has 0 saturated carbocycles. The summed E-state index contributed by atoms with van der Waals surface area (Å²) in [6.45, 7) is 7.09. The molecule has 1 atom stereocenters. The molecule has 7 heteroatoms. The molecule has 0 spiro atoms. The molecule has 27 heavy (non-hydrogen) atoms. The van der Waals surface area contributed by atoms with Gasteiger partial charge in [0.25, 0.3) is 5.91 Å². The molecule has 2 aliphatic heterocycles. The first-order chi connectivity index (χ1) is 13.2. The smallest absolute Gasteiger partial charge is 0.274 e. The SMILES string of the molecule is CO[C@H]1CCCN(Cc2c(C(=O)N3CCOCC3)nc3c(C)cccn23)C1. The lowest BCUT2D eigenvalue weighted by Crippen LogP contribution is -2.42.